The van der Waals surface area contributed by atoms with Crippen LogP contribution >= 0.6 is 0 Å². The zero-order valence-corrected chi connectivity index (χ0v) is 10.1. The van der Waals surface area contributed by atoms with Crippen molar-refractivity contribution in [2.75, 3.05) is 0 Å². The molecule has 0 saturated heterocycles. The van der Waals surface area contributed by atoms with Gasteiger partial charge in [0.1, 0.15) is 5.75 Å². The van der Waals surface area contributed by atoms with Crippen LogP contribution in [0.4, 0.5) is 0 Å². The van der Waals surface area contributed by atoms with E-state index in [0.717, 1.165) is 5.56 Å². The lowest BCUT2D eigenvalue weighted by Crippen LogP contribution is -2.13. The first kappa shape index (κ1) is 10.5. The summed E-state index contributed by atoms with van der Waals surface area (Å²) in [7, 11) is 0. The zero-order chi connectivity index (χ0) is 11.2. The summed E-state index contributed by atoms with van der Waals surface area (Å²) in [6.45, 7) is 8.76. The maximum absolute atomic E-state index is 9.89. The van der Waals surface area contributed by atoms with E-state index < -0.39 is 0 Å². The Morgan fingerprint density at radius 2 is 1.80 bits per heavy atom. The van der Waals surface area contributed by atoms with Crippen molar-refractivity contribution in [1.82, 2.24) is 0 Å². The molecule has 0 aromatic heterocycles. The van der Waals surface area contributed by atoms with Crippen molar-refractivity contribution in [2.45, 2.75) is 51.9 Å². The van der Waals surface area contributed by atoms with Crippen LogP contribution < -0.4 is 0 Å². The largest absolute Gasteiger partial charge is 0.508 e. The highest BCUT2D eigenvalue weighted by atomic mass is 16.3. The van der Waals surface area contributed by atoms with Crippen LogP contribution in [0, 0.1) is 6.92 Å². The number of rotatable bonds is 1. The summed E-state index contributed by atoms with van der Waals surface area (Å²) < 4.78 is 0. The van der Waals surface area contributed by atoms with Crippen molar-refractivity contribution in [3.05, 3.63) is 28.8 Å². The maximum Gasteiger partial charge on any atom is 0.119 e. The molecule has 1 aliphatic carbocycles. The van der Waals surface area contributed by atoms with E-state index in [4.69, 9.17) is 0 Å². The Balaban J connectivity index is 2.51. The van der Waals surface area contributed by atoms with Crippen LogP contribution in [0.1, 0.15) is 56.2 Å². The molecule has 82 valence electrons. The average Bonchev–Trinajstić information content (AvgIpc) is 2.84. The molecule has 1 aromatic rings. The molecule has 0 atom stereocenters. The van der Waals surface area contributed by atoms with Gasteiger partial charge in [0, 0.05) is 0 Å². The average molecular weight is 204 g/mol. The zero-order valence-electron chi connectivity index (χ0n) is 10.1. The molecule has 1 N–H and O–H groups in total. The van der Waals surface area contributed by atoms with Gasteiger partial charge in [0.15, 0.2) is 0 Å². The number of benzene rings is 1. The molecule has 1 aliphatic rings. The van der Waals surface area contributed by atoms with E-state index in [0.29, 0.717) is 11.7 Å². The highest BCUT2D eigenvalue weighted by Gasteiger charge is 2.28. The first-order valence-corrected chi connectivity index (χ1v) is 5.73. The molecule has 15 heavy (non-hydrogen) atoms. The molecule has 1 fully saturated rings. The first-order chi connectivity index (χ1) is 6.89. The molecular formula is C14H20O. The van der Waals surface area contributed by atoms with Gasteiger partial charge >= 0.3 is 0 Å². The van der Waals surface area contributed by atoms with Gasteiger partial charge in [-0.1, -0.05) is 26.8 Å². The molecule has 0 bridgehead atoms. The molecule has 0 unspecified atom stereocenters. The van der Waals surface area contributed by atoms with Crippen LogP contribution in [0.3, 0.4) is 0 Å². The minimum atomic E-state index is 0.168. The number of phenolic OH excluding ortho intramolecular Hbond substituents is 1. The predicted molar refractivity (Wildman–Crippen MR) is 63.5 cm³/mol. The molecular weight excluding hydrogens is 184 g/mol. The molecule has 0 aliphatic heterocycles. The van der Waals surface area contributed by atoms with Crippen LogP contribution in [0.2, 0.25) is 0 Å². The van der Waals surface area contributed by atoms with Gasteiger partial charge in [-0.25, -0.2) is 0 Å². The lowest BCUT2D eigenvalue weighted by Gasteiger charge is -2.23. The third-order valence-electron chi connectivity index (χ3n) is 3.20. The summed E-state index contributed by atoms with van der Waals surface area (Å²) in [5.74, 6) is 1.11. The van der Waals surface area contributed by atoms with Crippen molar-refractivity contribution in [3.63, 3.8) is 0 Å². The molecule has 0 spiro atoms. The monoisotopic (exact) mass is 204 g/mol. The fourth-order valence-corrected chi connectivity index (χ4v) is 2.24. The van der Waals surface area contributed by atoms with E-state index in [-0.39, 0.29) is 5.41 Å². The Bertz CT molecular complexity index is 381. The Morgan fingerprint density at radius 3 is 2.27 bits per heavy atom. The van der Waals surface area contributed by atoms with E-state index in [1.165, 1.54) is 24.0 Å². The molecule has 2 rings (SSSR count). The minimum Gasteiger partial charge on any atom is -0.508 e. The SMILES string of the molecule is Cc1cc(O)c(C2CC2)cc1C(C)(C)C. The fraction of sp³-hybridized carbons (Fsp3) is 0.571. The molecule has 1 aromatic carbocycles. The van der Waals surface area contributed by atoms with Gasteiger partial charge < -0.3 is 5.11 Å². The normalized spacial score (nSPS) is 16.8. The lowest BCUT2D eigenvalue weighted by atomic mass is 9.82. The predicted octanol–water partition coefficient (Wildman–Crippen LogP) is 3.88. The molecule has 0 heterocycles. The fourth-order valence-electron chi connectivity index (χ4n) is 2.24. The van der Waals surface area contributed by atoms with Crippen LogP contribution in [-0.4, -0.2) is 5.11 Å². The van der Waals surface area contributed by atoms with Gasteiger partial charge in [0.2, 0.25) is 0 Å². The highest BCUT2D eigenvalue weighted by molar-refractivity contribution is 5.47. The molecule has 1 heteroatoms. The molecule has 1 nitrogen and oxygen atoms in total. The van der Waals surface area contributed by atoms with E-state index in [1.807, 2.05) is 6.07 Å². The Morgan fingerprint density at radius 1 is 1.20 bits per heavy atom. The second kappa shape index (κ2) is 3.26. The topological polar surface area (TPSA) is 20.2 Å². The Hall–Kier alpha value is -0.980. The second-order valence-electron chi connectivity index (χ2n) is 5.75. The second-order valence-corrected chi connectivity index (χ2v) is 5.75. The molecule has 0 amide bonds. The smallest absolute Gasteiger partial charge is 0.119 e. The van der Waals surface area contributed by atoms with Crippen molar-refractivity contribution in [1.29, 1.82) is 0 Å². The Labute approximate surface area is 92.1 Å². The number of hydrogen-bond donors (Lipinski definition) is 1. The highest BCUT2D eigenvalue weighted by Crippen LogP contribution is 2.45. The van der Waals surface area contributed by atoms with Gasteiger partial charge in [-0.05, 0) is 53.9 Å². The van der Waals surface area contributed by atoms with Crippen molar-refractivity contribution in [3.8, 4) is 5.75 Å². The lowest BCUT2D eigenvalue weighted by molar-refractivity contribution is 0.466. The Kier molecular flexibility index (Phi) is 2.29. The van der Waals surface area contributed by atoms with Crippen LogP contribution in [0.25, 0.3) is 0 Å². The maximum atomic E-state index is 9.89. The number of aryl methyl sites for hydroxylation is 1. The van der Waals surface area contributed by atoms with Crippen LogP contribution in [0.5, 0.6) is 5.75 Å². The van der Waals surface area contributed by atoms with Crippen molar-refractivity contribution >= 4 is 0 Å². The standard InChI is InChI=1S/C14H20O/c1-9-7-13(15)11(10-5-6-10)8-12(9)14(2,3)4/h7-8,10,15H,5-6H2,1-4H3. The van der Waals surface area contributed by atoms with E-state index in [1.54, 1.807) is 0 Å². The number of aromatic hydroxyl groups is 1. The van der Waals surface area contributed by atoms with Gasteiger partial charge in [-0.3, -0.25) is 0 Å². The number of phenols is 1. The van der Waals surface area contributed by atoms with E-state index in [9.17, 15) is 5.11 Å². The van der Waals surface area contributed by atoms with E-state index in [2.05, 4.69) is 33.8 Å². The van der Waals surface area contributed by atoms with Crippen molar-refractivity contribution < 1.29 is 5.11 Å². The quantitative estimate of drug-likeness (QED) is 0.736. The molecule has 0 radical (unpaired) electrons. The van der Waals surface area contributed by atoms with Gasteiger partial charge in [0.05, 0.1) is 0 Å². The summed E-state index contributed by atoms with van der Waals surface area (Å²) in [5.41, 5.74) is 3.89. The summed E-state index contributed by atoms with van der Waals surface area (Å²) >= 11 is 0. The van der Waals surface area contributed by atoms with Gasteiger partial charge in [-0.2, -0.15) is 0 Å². The van der Waals surface area contributed by atoms with Crippen molar-refractivity contribution in [2.24, 2.45) is 0 Å². The van der Waals surface area contributed by atoms with E-state index >= 15 is 0 Å². The summed E-state index contributed by atoms with van der Waals surface area (Å²) in [6, 6.07) is 4.14. The van der Waals surface area contributed by atoms with Crippen LogP contribution in [0.15, 0.2) is 12.1 Å². The van der Waals surface area contributed by atoms with Gasteiger partial charge in [0.25, 0.3) is 0 Å². The van der Waals surface area contributed by atoms with Crippen LogP contribution in [-0.2, 0) is 5.41 Å². The summed E-state index contributed by atoms with van der Waals surface area (Å²) in [5, 5.41) is 9.89. The summed E-state index contributed by atoms with van der Waals surface area (Å²) in [6.07, 6.45) is 2.47. The summed E-state index contributed by atoms with van der Waals surface area (Å²) in [4.78, 5) is 0. The molecule has 1 saturated carbocycles. The first-order valence-electron chi connectivity index (χ1n) is 5.73. The van der Waals surface area contributed by atoms with Gasteiger partial charge in [-0.15, -0.1) is 0 Å². The minimum absolute atomic E-state index is 0.168. The third-order valence-corrected chi connectivity index (χ3v) is 3.20. The number of hydrogen-bond acceptors (Lipinski definition) is 1. The third kappa shape index (κ3) is 2.01.